The van der Waals surface area contributed by atoms with Gasteiger partial charge in [0.25, 0.3) is 0 Å². The van der Waals surface area contributed by atoms with Crippen molar-refractivity contribution in [2.75, 3.05) is 18.0 Å². The number of rotatable bonds is 3. The van der Waals surface area contributed by atoms with E-state index in [-0.39, 0.29) is 11.6 Å². The summed E-state index contributed by atoms with van der Waals surface area (Å²) >= 11 is 0. The number of H-pyrrole nitrogens is 1. The van der Waals surface area contributed by atoms with E-state index in [1.807, 2.05) is 18.3 Å². The van der Waals surface area contributed by atoms with Gasteiger partial charge in [-0.05, 0) is 67.6 Å². The Bertz CT molecular complexity index is 1060. The number of carbonyl (C=O) groups is 1. The number of anilines is 1. The highest BCUT2D eigenvalue weighted by Crippen LogP contribution is 2.35. The largest absolute Gasteiger partial charge is 0.370 e. The third-order valence-electron chi connectivity index (χ3n) is 5.48. The van der Waals surface area contributed by atoms with Gasteiger partial charge >= 0.3 is 0 Å². The molecule has 1 saturated heterocycles. The van der Waals surface area contributed by atoms with Gasteiger partial charge in [0.1, 0.15) is 11.9 Å². The molecule has 0 spiro atoms. The molecule has 136 valence electrons. The Morgan fingerprint density at radius 1 is 1.22 bits per heavy atom. The van der Waals surface area contributed by atoms with E-state index < -0.39 is 0 Å². The lowest BCUT2D eigenvalue weighted by Gasteiger charge is -2.34. The second kappa shape index (κ2) is 6.88. The summed E-state index contributed by atoms with van der Waals surface area (Å²) in [4.78, 5) is 17.1. The van der Waals surface area contributed by atoms with E-state index >= 15 is 0 Å². The number of halogens is 1. The zero-order valence-corrected chi connectivity index (χ0v) is 15.1. The average molecular weight is 361 g/mol. The van der Waals surface area contributed by atoms with E-state index in [0.29, 0.717) is 17.0 Å². The van der Waals surface area contributed by atoms with Crippen LogP contribution >= 0.6 is 0 Å². The van der Waals surface area contributed by atoms with Gasteiger partial charge in [-0.25, -0.2) is 4.39 Å². The number of ketones is 1. The number of hydrogen-bond acceptors (Lipinski definition) is 3. The van der Waals surface area contributed by atoms with E-state index in [2.05, 4.69) is 16.0 Å². The smallest absolute Gasteiger partial charge is 0.159 e. The minimum Gasteiger partial charge on any atom is -0.370 e. The summed E-state index contributed by atoms with van der Waals surface area (Å²) in [7, 11) is 0. The summed E-state index contributed by atoms with van der Waals surface area (Å²) in [5.74, 6) is 0.156. The number of carbonyl (C=O) groups excluding carboxylic acids is 1. The molecular formula is C22H20FN3O. The number of fused-ring (bicyclic) bond motifs is 1. The highest BCUT2D eigenvalue weighted by molar-refractivity contribution is 5.95. The lowest BCUT2D eigenvalue weighted by molar-refractivity contribution is 0.101. The molecule has 0 amide bonds. The number of nitrogens with zero attached hydrogens (tertiary/aromatic N) is 2. The second-order valence-electron chi connectivity index (χ2n) is 7.10. The third-order valence-corrected chi connectivity index (χ3v) is 5.48. The van der Waals surface area contributed by atoms with Crippen molar-refractivity contribution < 1.29 is 9.18 Å². The first-order valence-corrected chi connectivity index (χ1v) is 9.13. The number of aromatic nitrogens is 1. The number of hydrogen-bond donors (Lipinski definition) is 1. The zero-order valence-electron chi connectivity index (χ0n) is 15.1. The second-order valence-corrected chi connectivity index (χ2v) is 7.10. The Morgan fingerprint density at radius 3 is 2.70 bits per heavy atom. The van der Waals surface area contributed by atoms with Crippen molar-refractivity contribution in [2.45, 2.75) is 25.7 Å². The van der Waals surface area contributed by atoms with E-state index in [9.17, 15) is 14.4 Å². The topological polar surface area (TPSA) is 59.9 Å². The van der Waals surface area contributed by atoms with Crippen molar-refractivity contribution in [2.24, 2.45) is 0 Å². The SMILES string of the molecule is CC(=O)c1ccc(C#N)c(N2CCC(c3c[nH]c4cc(F)ccc34)CC2)c1. The molecule has 1 aliphatic heterocycles. The van der Waals surface area contributed by atoms with Crippen LogP contribution in [0.3, 0.4) is 0 Å². The summed E-state index contributed by atoms with van der Waals surface area (Å²) in [5, 5.41) is 10.5. The van der Waals surface area contributed by atoms with E-state index in [4.69, 9.17) is 0 Å². The summed E-state index contributed by atoms with van der Waals surface area (Å²) in [6.45, 7) is 3.17. The molecule has 1 aliphatic rings. The highest BCUT2D eigenvalue weighted by Gasteiger charge is 2.24. The third kappa shape index (κ3) is 3.19. The molecular weight excluding hydrogens is 341 g/mol. The van der Waals surface area contributed by atoms with Crippen LogP contribution in [0.25, 0.3) is 10.9 Å². The molecule has 1 aromatic heterocycles. The van der Waals surface area contributed by atoms with Crippen molar-refractivity contribution in [1.29, 1.82) is 5.26 Å². The number of piperidine rings is 1. The van der Waals surface area contributed by atoms with Crippen LogP contribution in [0.1, 0.15) is 47.2 Å². The van der Waals surface area contributed by atoms with Gasteiger partial charge in [0.15, 0.2) is 5.78 Å². The summed E-state index contributed by atoms with van der Waals surface area (Å²) in [6, 6.07) is 12.4. The Kier molecular flexibility index (Phi) is 4.41. The van der Waals surface area contributed by atoms with Crippen molar-refractivity contribution in [3.05, 3.63) is 65.1 Å². The molecule has 0 atom stereocenters. The lowest BCUT2D eigenvalue weighted by atomic mass is 9.88. The number of nitriles is 1. The molecule has 3 aromatic rings. The number of Topliss-reactive ketones (excluding diaryl/α,β-unsaturated/α-hetero) is 1. The first-order valence-electron chi connectivity index (χ1n) is 9.13. The average Bonchev–Trinajstić information content (AvgIpc) is 3.10. The Hall–Kier alpha value is -3.13. The summed E-state index contributed by atoms with van der Waals surface area (Å²) < 4.78 is 13.4. The summed E-state index contributed by atoms with van der Waals surface area (Å²) in [5.41, 5.74) is 4.12. The molecule has 4 rings (SSSR count). The van der Waals surface area contributed by atoms with E-state index in [1.54, 1.807) is 12.1 Å². The van der Waals surface area contributed by atoms with Crippen LogP contribution in [0.4, 0.5) is 10.1 Å². The molecule has 2 aromatic carbocycles. The molecule has 27 heavy (non-hydrogen) atoms. The number of nitrogens with one attached hydrogen (secondary N) is 1. The van der Waals surface area contributed by atoms with Gasteiger partial charge in [0.05, 0.1) is 11.3 Å². The molecule has 0 bridgehead atoms. The van der Waals surface area contributed by atoms with Crippen LogP contribution in [-0.2, 0) is 0 Å². The van der Waals surface area contributed by atoms with Gasteiger partial charge in [0.2, 0.25) is 0 Å². The quantitative estimate of drug-likeness (QED) is 0.684. The van der Waals surface area contributed by atoms with E-state index in [1.165, 1.54) is 24.6 Å². The first kappa shape index (κ1) is 17.3. The molecule has 1 fully saturated rings. The maximum absolute atomic E-state index is 13.4. The number of aromatic amines is 1. The fourth-order valence-electron chi connectivity index (χ4n) is 4.00. The normalized spacial score (nSPS) is 15.1. The van der Waals surface area contributed by atoms with Crippen molar-refractivity contribution in [3.8, 4) is 6.07 Å². The first-order chi connectivity index (χ1) is 13.1. The van der Waals surface area contributed by atoms with Crippen LogP contribution in [0.2, 0.25) is 0 Å². The lowest BCUT2D eigenvalue weighted by Crippen LogP contribution is -2.33. The highest BCUT2D eigenvalue weighted by atomic mass is 19.1. The minimum absolute atomic E-state index is 0.00153. The minimum atomic E-state index is -0.236. The van der Waals surface area contributed by atoms with Crippen molar-refractivity contribution >= 4 is 22.4 Å². The monoisotopic (exact) mass is 361 g/mol. The molecule has 0 aliphatic carbocycles. The van der Waals surface area contributed by atoms with Crippen LogP contribution in [0.15, 0.2) is 42.6 Å². The Balaban J connectivity index is 1.56. The molecule has 0 saturated carbocycles. The molecule has 0 unspecified atom stereocenters. The van der Waals surface area contributed by atoms with Crippen LogP contribution in [0.5, 0.6) is 0 Å². The number of benzene rings is 2. The maximum Gasteiger partial charge on any atom is 0.159 e. The van der Waals surface area contributed by atoms with Crippen LogP contribution in [-0.4, -0.2) is 23.9 Å². The van der Waals surface area contributed by atoms with Crippen molar-refractivity contribution in [1.82, 2.24) is 4.98 Å². The molecule has 0 radical (unpaired) electrons. The van der Waals surface area contributed by atoms with Gasteiger partial charge in [-0.2, -0.15) is 5.26 Å². The predicted octanol–water partition coefficient (Wildman–Crippen LogP) is 4.77. The maximum atomic E-state index is 13.4. The summed E-state index contributed by atoms with van der Waals surface area (Å²) in [6.07, 6.45) is 3.88. The zero-order chi connectivity index (χ0) is 19.0. The molecule has 1 N–H and O–H groups in total. The van der Waals surface area contributed by atoms with Crippen LogP contribution in [0, 0.1) is 17.1 Å². The molecule has 5 heteroatoms. The van der Waals surface area contributed by atoms with Gasteiger partial charge in [0, 0.05) is 35.8 Å². The standard InChI is InChI=1S/C22H20FN3O/c1-14(27)16-2-3-17(12-24)22(10-16)26-8-6-15(7-9-26)20-13-25-21-11-18(23)4-5-19(20)21/h2-5,10-11,13,15,25H,6-9H2,1H3. The van der Waals surface area contributed by atoms with Crippen molar-refractivity contribution in [3.63, 3.8) is 0 Å². The van der Waals surface area contributed by atoms with Crippen LogP contribution < -0.4 is 4.90 Å². The predicted molar refractivity (Wildman–Crippen MR) is 104 cm³/mol. The fraction of sp³-hybridized carbons (Fsp3) is 0.273. The van der Waals surface area contributed by atoms with Gasteiger partial charge in [-0.15, -0.1) is 0 Å². The van der Waals surface area contributed by atoms with Gasteiger partial charge in [-0.3, -0.25) is 4.79 Å². The fourth-order valence-corrected chi connectivity index (χ4v) is 4.00. The molecule has 2 heterocycles. The van der Waals surface area contributed by atoms with E-state index in [0.717, 1.165) is 42.5 Å². The Labute approximate surface area is 157 Å². The van der Waals surface area contributed by atoms with Gasteiger partial charge < -0.3 is 9.88 Å². The Morgan fingerprint density at radius 2 is 2.00 bits per heavy atom. The molecule has 4 nitrogen and oxygen atoms in total. The van der Waals surface area contributed by atoms with Gasteiger partial charge in [-0.1, -0.05) is 0 Å².